The number of hydrogen-bond donors (Lipinski definition) is 4. The highest BCUT2D eigenvalue weighted by Crippen LogP contribution is 2.44. The molecule has 15 heteroatoms. The first-order valence-corrected chi connectivity index (χ1v) is 20.5. The second kappa shape index (κ2) is 16.1. The number of nitrogens with zero attached hydrogens (tertiary/aromatic N) is 1. The normalized spacial score (nSPS) is 28.4. The molecule has 1 saturated heterocycles. The number of sulfonamides is 1. The van der Waals surface area contributed by atoms with Crippen LogP contribution in [0.15, 0.2) is 23.1 Å². The number of hydrogen-bond acceptors (Lipinski definition) is 9. The first-order valence-electron chi connectivity index (χ1n) is 18.1. The summed E-state index contributed by atoms with van der Waals surface area (Å²) in [6.07, 6.45) is 15.1. The van der Waals surface area contributed by atoms with Crippen molar-refractivity contribution in [2.24, 2.45) is 23.5 Å². The summed E-state index contributed by atoms with van der Waals surface area (Å²) in [5.41, 5.74) is 4.96. The molecule has 5 amide bonds. The van der Waals surface area contributed by atoms with E-state index in [1.165, 1.54) is 17.7 Å². The number of rotatable bonds is 15. The van der Waals surface area contributed by atoms with Gasteiger partial charge in [0.25, 0.3) is 5.91 Å². The molecule has 13 nitrogen and oxygen atoms in total. The summed E-state index contributed by atoms with van der Waals surface area (Å²) in [7, 11) is -3.53. The smallest absolute Gasteiger partial charge is 0.408 e. The van der Waals surface area contributed by atoms with Crippen molar-refractivity contribution in [2.45, 2.75) is 138 Å². The van der Waals surface area contributed by atoms with Crippen LogP contribution in [0.25, 0.3) is 0 Å². The van der Waals surface area contributed by atoms with Crippen LogP contribution < -0.4 is 21.1 Å². The van der Waals surface area contributed by atoms with Gasteiger partial charge in [-0.3, -0.25) is 23.9 Å². The third kappa shape index (κ3) is 10.5. The molecule has 3 saturated carbocycles. The number of carbonyl (C=O) groups excluding carboxylic acids is 5. The summed E-state index contributed by atoms with van der Waals surface area (Å²) in [5.74, 6) is -1.59. The van der Waals surface area contributed by atoms with Crippen LogP contribution >= 0.6 is 11.8 Å². The number of nitrogens with two attached hydrogens (primary N) is 1. The monoisotopic (exact) mass is 735 g/mol. The van der Waals surface area contributed by atoms with Crippen molar-refractivity contribution >= 4 is 51.5 Å². The van der Waals surface area contributed by atoms with Crippen molar-refractivity contribution in [3.8, 4) is 0 Å². The van der Waals surface area contributed by atoms with Gasteiger partial charge in [-0.1, -0.05) is 43.9 Å². The number of alkyl carbamates (subject to hydrolysis) is 1. The fraction of sp³-hybridized carbons (Fsp3) is 0.743. The van der Waals surface area contributed by atoms with Gasteiger partial charge in [0.1, 0.15) is 17.7 Å². The van der Waals surface area contributed by atoms with E-state index in [4.69, 9.17) is 10.5 Å². The third-order valence-corrected chi connectivity index (χ3v) is 13.3. The van der Waals surface area contributed by atoms with Crippen LogP contribution in [-0.4, -0.2) is 83.8 Å². The van der Waals surface area contributed by atoms with Gasteiger partial charge in [0, 0.05) is 23.8 Å². The number of thioether (sulfide) groups is 1. The Hall–Kier alpha value is -3.07. The van der Waals surface area contributed by atoms with E-state index in [9.17, 15) is 32.4 Å². The van der Waals surface area contributed by atoms with E-state index in [-0.39, 0.29) is 30.7 Å². The lowest BCUT2D eigenvalue weighted by atomic mass is 9.89. The van der Waals surface area contributed by atoms with Gasteiger partial charge in [0.05, 0.1) is 10.2 Å². The van der Waals surface area contributed by atoms with Crippen molar-refractivity contribution in [3.05, 3.63) is 23.1 Å². The molecule has 0 aromatic heterocycles. The lowest BCUT2D eigenvalue weighted by Gasteiger charge is -2.29. The van der Waals surface area contributed by atoms with Crippen LogP contribution in [0.1, 0.15) is 104 Å². The Morgan fingerprint density at radius 3 is 2.48 bits per heavy atom. The fourth-order valence-corrected chi connectivity index (χ4v) is 9.85. The number of unbranched alkanes of at least 4 members (excludes halogenated alkanes) is 3. The van der Waals surface area contributed by atoms with E-state index in [2.05, 4.69) is 21.4 Å². The van der Waals surface area contributed by atoms with Crippen LogP contribution in [0.2, 0.25) is 0 Å². The van der Waals surface area contributed by atoms with Gasteiger partial charge in [-0.15, -0.1) is 11.8 Å². The van der Waals surface area contributed by atoms with E-state index in [0.29, 0.717) is 48.2 Å². The van der Waals surface area contributed by atoms with E-state index in [0.717, 1.165) is 32.1 Å². The Morgan fingerprint density at radius 1 is 1.06 bits per heavy atom. The minimum atomic E-state index is -3.53. The number of allylic oxidation sites excluding steroid dienone is 3. The van der Waals surface area contributed by atoms with Crippen molar-refractivity contribution < 1.29 is 37.1 Å². The zero-order chi connectivity index (χ0) is 36.2. The largest absolute Gasteiger partial charge is 0.444 e. The van der Waals surface area contributed by atoms with Gasteiger partial charge in [-0.25, -0.2) is 13.2 Å². The number of nitrogens with one attached hydrogen (secondary N) is 3. The Kier molecular flexibility index (Phi) is 12.3. The molecular weight excluding hydrogens is 683 g/mol. The number of fused-ring (bicyclic) bond motifs is 1. The third-order valence-electron chi connectivity index (χ3n) is 9.99. The second-order valence-electron chi connectivity index (χ2n) is 15.4. The van der Waals surface area contributed by atoms with Crippen molar-refractivity contribution in [1.82, 2.24) is 20.3 Å². The van der Waals surface area contributed by atoms with Crippen molar-refractivity contribution in [2.75, 3.05) is 6.54 Å². The summed E-state index contributed by atoms with van der Waals surface area (Å²) in [6.45, 7) is 5.29. The summed E-state index contributed by atoms with van der Waals surface area (Å²) < 4.78 is 31.7. The molecule has 2 aliphatic heterocycles. The second-order valence-corrected chi connectivity index (χ2v) is 18.7. The molecule has 7 atom stereocenters. The first kappa shape index (κ1) is 38.2. The highest BCUT2D eigenvalue weighted by Gasteiger charge is 2.45. The van der Waals surface area contributed by atoms with E-state index >= 15 is 0 Å². The molecule has 0 spiro atoms. The van der Waals surface area contributed by atoms with Gasteiger partial charge in [0.2, 0.25) is 27.7 Å². The van der Waals surface area contributed by atoms with Crippen LogP contribution in [0.4, 0.5) is 4.79 Å². The minimum Gasteiger partial charge on any atom is -0.444 e. The Labute approximate surface area is 299 Å². The summed E-state index contributed by atoms with van der Waals surface area (Å²) in [5, 5.41) is 5.73. The Morgan fingerprint density at radius 2 is 1.80 bits per heavy atom. The maximum atomic E-state index is 13.9. The Balaban J connectivity index is 1.11. The van der Waals surface area contributed by atoms with Crippen LogP contribution in [-0.2, 0) is 33.9 Å². The van der Waals surface area contributed by atoms with Gasteiger partial charge >= 0.3 is 6.09 Å². The van der Waals surface area contributed by atoms with E-state index in [1.807, 2.05) is 12.2 Å². The quantitative estimate of drug-likeness (QED) is 0.144. The van der Waals surface area contributed by atoms with Crippen molar-refractivity contribution in [1.29, 1.82) is 0 Å². The zero-order valence-corrected chi connectivity index (χ0v) is 31.0. The molecule has 5 rings (SSSR count). The van der Waals surface area contributed by atoms with E-state index < -0.39 is 62.8 Å². The molecule has 5 N–H and O–H groups in total. The molecule has 4 unspecified atom stereocenters. The van der Waals surface area contributed by atoms with Crippen LogP contribution in [0, 0.1) is 17.8 Å². The highest BCUT2D eigenvalue weighted by atomic mass is 32.2. The number of carbonyl (C=O) groups is 5. The van der Waals surface area contributed by atoms with Gasteiger partial charge in [-0.05, 0) is 90.4 Å². The molecule has 4 fully saturated rings. The average molecular weight is 736 g/mol. The van der Waals surface area contributed by atoms with Crippen LogP contribution in [0.5, 0.6) is 0 Å². The topological polar surface area (TPSA) is 194 Å². The summed E-state index contributed by atoms with van der Waals surface area (Å²) in [4.78, 5) is 66.7. The molecular formula is C35H53N5O8S2. The number of likely N-dealkylation sites (tertiary alicyclic amines) is 1. The molecule has 0 aromatic carbocycles. The predicted molar refractivity (Wildman–Crippen MR) is 190 cm³/mol. The highest BCUT2D eigenvalue weighted by molar-refractivity contribution is 8.04. The lowest BCUT2D eigenvalue weighted by Crippen LogP contribution is -2.53. The SMILES string of the molecule is CC(C)(C)OC(=O)N[C@@H](CCCCC/C=C\C1C[C@@H]1C(=O)NS(=O)(=O)C1CC1)C(=O)N1CC(NC(=O)C2=CC3CCCCC3S2)C[C@H]1C(N)=O. The Bertz CT molecular complexity index is 1490. The lowest BCUT2D eigenvalue weighted by molar-refractivity contribution is -0.139. The fourth-order valence-electron chi connectivity index (χ4n) is 7.07. The number of primary amides is 1. The molecule has 5 aliphatic rings. The van der Waals surface area contributed by atoms with Gasteiger partial charge in [-0.2, -0.15) is 0 Å². The molecule has 0 aromatic rings. The molecule has 2 heterocycles. The molecule has 50 heavy (non-hydrogen) atoms. The summed E-state index contributed by atoms with van der Waals surface area (Å²) >= 11 is 1.62. The molecule has 3 aliphatic carbocycles. The standard InChI is InChI=1S/C35H53N5O8S2/c1-35(2,3)48-34(45)38-26(13-8-6-4-5-7-11-21-17-25(21)31(42)39-50(46,47)24-15-16-24)33(44)40-20-23(19-27(40)30(36)41)37-32(43)29-18-22-12-9-10-14-28(22)49-29/h7,11,18,21-28H,4-6,8-10,12-17,19-20H2,1-3H3,(H2,36,41)(H,37,43)(H,38,45)(H,39,42)/b11-7-/t21?,22?,23?,25-,26-,27-,28?/m0/s1. The number of ether oxygens (including phenoxy) is 1. The zero-order valence-electron chi connectivity index (χ0n) is 29.4. The average Bonchev–Trinajstić information content (AvgIpc) is 3.95. The maximum Gasteiger partial charge on any atom is 0.408 e. The molecule has 0 bridgehead atoms. The maximum absolute atomic E-state index is 13.9. The minimum absolute atomic E-state index is 0.0366. The van der Waals surface area contributed by atoms with Gasteiger partial charge in [0.15, 0.2) is 0 Å². The summed E-state index contributed by atoms with van der Waals surface area (Å²) in [6, 6.07) is -2.33. The number of amides is 5. The predicted octanol–water partition coefficient (Wildman–Crippen LogP) is 3.39. The van der Waals surface area contributed by atoms with Gasteiger partial charge < -0.3 is 26.0 Å². The van der Waals surface area contributed by atoms with E-state index in [1.54, 1.807) is 32.5 Å². The molecule has 0 radical (unpaired) electrons. The van der Waals surface area contributed by atoms with Crippen molar-refractivity contribution in [3.63, 3.8) is 0 Å². The van der Waals surface area contributed by atoms with Crippen LogP contribution in [0.3, 0.4) is 0 Å². The first-order chi connectivity index (χ1) is 23.6. The molecule has 278 valence electrons.